The third-order valence-corrected chi connectivity index (χ3v) is 2.92. The van der Waals surface area contributed by atoms with Gasteiger partial charge in [0, 0.05) is 23.7 Å². The molecule has 2 aromatic rings. The number of aromatic nitrogens is 2. The zero-order chi connectivity index (χ0) is 9.97. The molecule has 0 fully saturated rings. The first kappa shape index (κ1) is 9.34. The van der Waals surface area contributed by atoms with Gasteiger partial charge in [0.2, 0.25) is 0 Å². The van der Waals surface area contributed by atoms with Crippen molar-refractivity contribution in [3.63, 3.8) is 0 Å². The minimum atomic E-state index is 0.491. The fraction of sp³-hybridized carbons (Fsp3) is 0.273. The molecule has 0 bridgehead atoms. The predicted molar refractivity (Wildman–Crippen MR) is 59.4 cm³/mol. The van der Waals surface area contributed by atoms with Crippen molar-refractivity contribution in [3.05, 3.63) is 35.7 Å². The van der Waals surface area contributed by atoms with Crippen LogP contribution >= 0.6 is 11.3 Å². The standard InChI is InChI=1S/C11H12N2S/c1-8(2)10-4-3-9(5-13-10)11-6-12-7-14-11/h3-8H,1-2H3. The van der Waals surface area contributed by atoms with E-state index in [1.54, 1.807) is 11.3 Å². The van der Waals surface area contributed by atoms with Crippen LogP contribution in [0.4, 0.5) is 0 Å². The molecule has 2 rings (SSSR count). The summed E-state index contributed by atoms with van der Waals surface area (Å²) in [5.74, 6) is 0.491. The van der Waals surface area contributed by atoms with E-state index in [1.807, 2.05) is 17.9 Å². The van der Waals surface area contributed by atoms with Crippen molar-refractivity contribution in [2.24, 2.45) is 0 Å². The molecule has 3 heteroatoms. The summed E-state index contributed by atoms with van der Waals surface area (Å²) in [4.78, 5) is 9.63. The molecule has 0 saturated carbocycles. The van der Waals surface area contributed by atoms with Gasteiger partial charge in [-0.25, -0.2) is 0 Å². The smallest absolute Gasteiger partial charge is 0.0797 e. The summed E-state index contributed by atoms with van der Waals surface area (Å²) >= 11 is 1.64. The molecule has 0 N–H and O–H groups in total. The Labute approximate surface area is 87.7 Å². The molecule has 2 nitrogen and oxygen atoms in total. The van der Waals surface area contributed by atoms with Gasteiger partial charge in [0.15, 0.2) is 0 Å². The second-order valence-electron chi connectivity index (χ2n) is 3.49. The predicted octanol–water partition coefficient (Wildman–Crippen LogP) is 3.33. The number of thiazole rings is 1. The Bertz CT molecular complexity index is 390. The second kappa shape index (κ2) is 3.88. The summed E-state index contributed by atoms with van der Waals surface area (Å²) in [6.45, 7) is 4.30. The lowest BCUT2D eigenvalue weighted by Crippen LogP contribution is -1.91. The first-order valence-corrected chi connectivity index (χ1v) is 5.50. The quantitative estimate of drug-likeness (QED) is 0.750. The molecule has 0 aliphatic heterocycles. The van der Waals surface area contributed by atoms with Crippen molar-refractivity contribution in [2.75, 3.05) is 0 Å². The molecule has 0 saturated heterocycles. The number of rotatable bonds is 2. The van der Waals surface area contributed by atoms with Crippen LogP contribution in [-0.4, -0.2) is 9.97 Å². The van der Waals surface area contributed by atoms with Crippen LogP contribution in [0.2, 0.25) is 0 Å². The van der Waals surface area contributed by atoms with E-state index in [4.69, 9.17) is 0 Å². The molecule has 72 valence electrons. The molecule has 0 aliphatic carbocycles. The average Bonchev–Trinajstić information content (AvgIpc) is 2.71. The first-order chi connectivity index (χ1) is 6.77. The minimum absolute atomic E-state index is 0.491. The van der Waals surface area contributed by atoms with Crippen LogP contribution in [0.1, 0.15) is 25.5 Å². The van der Waals surface area contributed by atoms with Crippen LogP contribution in [0.25, 0.3) is 10.4 Å². The van der Waals surface area contributed by atoms with E-state index in [9.17, 15) is 0 Å². The first-order valence-electron chi connectivity index (χ1n) is 4.62. The van der Waals surface area contributed by atoms with Crippen LogP contribution in [0.3, 0.4) is 0 Å². The molecule has 0 radical (unpaired) electrons. The molecule has 0 aliphatic rings. The van der Waals surface area contributed by atoms with Gasteiger partial charge in [-0.1, -0.05) is 19.9 Å². The van der Waals surface area contributed by atoms with Crippen molar-refractivity contribution in [2.45, 2.75) is 19.8 Å². The normalized spacial score (nSPS) is 10.8. The monoisotopic (exact) mass is 204 g/mol. The molecule has 0 aromatic carbocycles. The van der Waals surface area contributed by atoms with Crippen LogP contribution in [0.5, 0.6) is 0 Å². The lowest BCUT2D eigenvalue weighted by atomic mass is 10.1. The lowest BCUT2D eigenvalue weighted by molar-refractivity contribution is 0.823. The lowest BCUT2D eigenvalue weighted by Gasteiger charge is -2.03. The topological polar surface area (TPSA) is 25.8 Å². The Kier molecular flexibility index (Phi) is 2.59. The van der Waals surface area contributed by atoms with E-state index in [0.717, 1.165) is 11.3 Å². The largest absolute Gasteiger partial charge is 0.260 e. The zero-order valence-corrected chi connectivity index (χ0v) is 9.08. The molecular formula is C11H12N2S. The molecule has 2 heterocycles. The van der Waals surface area contributed by atoms with Crippen LogP contribution in [0, 0.1) is 0 Å². The average molecular weight is 204 g/mol. The second-order valence-corrected chi connectivity index (χ2v) is 4.38. The molecule has 14 heavy (non-hydrogen) atoms. The molecule has 2 aromatic heterocycles. The number of nitrogens with zero attached hydrogens (tertiary/aromatic N) is 2. The van der Waals surface area contributed by atoms with Crippen LogP contribution in [0.15, 0.2) is 30.0 Å². The van der Waals surface area contributed by atoms with E-state index >= 15 is 0 Å². The van der Waals surface area contributed by atoms with Gasteiger partial charge in [-0.3, -0.25) is 9.97 Å². The van der Waals surface area contributed by atoms with E-state index in [1.165, 1.54) is 4.88 Å². The maximum Gasteiger partial charge on any atom is 0.0797 e. The number of pyridine rings is 1. The molecule has 0 spiro atoms. The Morgan fingerprint density at radius 3 is 2.57 bits per heavy atom. The zero-order valence-electron chi connectivity index (χ0n) is 8.27. The fourth-order valence-corrected chi connectivity index (χ4v) is 1.86. The summed E-state index contributed by atoms with van der Waals surface area (Å²) < 4.78 is 0. The Balaban J connectivity index is 2.31. The van der Waals surface area contributed by atoms with Crippen LogP contribution < -0.4 is 0 Å². The highest BCUT2D eigenvalue weighted by Gasteiger charge is 2.02. The van der Waals surface area contributed by atoms with E-state index in [0.29, 0.717) is 5.92 Å². The van der Waals surface area contributed by atoms with Gasteiger partial charge >= 0.3 is 0 Å². The van der Waals surface area contributed by atoms with Crippen LogP contribution in [-0.2, 0) is 0 Å². The van der Waals surface area contributed by atoms with Gasteiger partial charge in [-0.05, 0) is 12.0 Å². The molecule has 0 unspecified atom stereocenters. The summed E-state index contributed by atoms with van der Waals surface area (Å²) in [7, 11) is 0. The van der Waals surface area contributed by atoms with Crippen molar-refractivity contribution in [1.29, 1.82) is 0 Å². The maximum absolute atomic E-state index is 4.41. The molecule has 0 amide bonds. The van der Waals surface area contributed by atoms with Crippen molar-refractivity contribution < 1.29 is 0 Å². The number of hydrogen-bond acceptors (Lipinski definition) is 3. The van der Waals surface area contributed by atoms with Crippen molar-refractivity contribution in [3.8, 4) is 10.4 Å². The van der Waals surface area contributed by atoms with Gasteiger partial charge in [0.25, 0.3) is 0 Å². The third kappa shape index (κ3) is 1.82. The van der Waals surface area contributed by atoms with E-state index in [-0.39, 0.29) is 0 Å². The fourth-order valence-electron chi connectivity index (χ4n) is 1.25. The van der Waals surface area contributed by atoms with Gasteiger partial charge < -0.3 is 0 Å². The highest BCUT2D eigenvalue weighted by atomic mass is 32.1. The van der Waals surface area contributed by atoms with Crippen molar-refractivity contribution in [1.82, 2.24) is 9.97 Å². The van der Waals surface area contributed by atoms with E-state index < -0.39 is 0 Å². The highest BCUT2D eigenvalue weighted by molar-refractivity contribution is 7.13. The summed E-state index contributed by atoms with van der Waals surface area (Å²) in [6, 6.07) is 4.19. The highest BCUT2D eigenvalue weighted by Crippen LogP contribution is 2.23. The summed E-state index contributed by atoms with van der Waals surface area (Å²) in [5.41, 5.74) is 4.13. The van der Waals surface area contributed by atoms with Crippen molar-refractivity contribution >= 4 is 11.3 Å². The van der Waals surface area contributed by atoms with Gasteiger partial charge in [-0.2, -0.15) is 0 Å². The summed E-state index contributed by atoms with van der Waals surface area (Å²) in [6.07, 6.45) is 3.79. The van der Waals surface area contributed by atoms with E-state index in [2.05, 4.69) is 35.9 Å². The Morgan fingerprint density at radius 1 is 1.21 bits per heavy atom. The SMILES string of the molecule is CC(C)c1ccc(-c2cncs2)cn1. The minimum Gasteiger partial charge on any atom is -0.260 e. The summed E-state index contributed by atoms with van der Waals surface area (Å²) in [5, 5.41) is 0. The molecular weight excluding hydrogens is 192 g/mol. The van der Waals surface area contributed by atoms with Gasteiger partial charge in [0.1, 0.15) is 0 Å². The Hall–Kier alpha value is -1.22. The molecule has 0 atom stereocenters. The Morgan fingerprint density at radius 2 is 2.07 bits per heavy atom. The number of hydrogen-bond donors (Lipinski definition) is 0. The third-order valence-electron chi connectivity index (χ3n) is 2.09. The van der Waals surface area contributed by atoms with Gasteiger partial charge in [0.05, 0.1) is 10.4 Å². The van der Waals surface area contributed by atoms with Gasteiger partial charge in [-0.15, -0.1) is 11.3 Å². The maximum atomic E-state index is 4.41.